The van der Waals surface area contributed by atoms with Crippen LogP contribution in [0.15, 0.2) is 53.1 Å². The van der Waals surface area contributed by atoms with Crippen LogP contribution in [0.25, 0.3) is 11.4 Å². The van der Waals surface area contributed by atoms with Crippen LogP contribution in [-0.2, 0) is 11.2 Å². The molecule has 3 rings (SSSR count). The molecule has 128 valence electrons. The van der Waals surface area contributed by atoms with Gasteiger partial charge in [-0.15, -0.1) is 0 Å². The van der Waals surface area contributed by atoms with E-state index in [1.165, 1.54) is 36.4 Å². The first kappa shape index (κ1) is 16.8. The summed E-state index contributed by atoms with van der Waals surface area (Å²) in [5.41, 5.74) is 1.18. The Morgan fingerprint density at radius 3 is 2.64 bits per heavy atom. The monoisotopic (exact) mass is 343 g/mol. The molecule has 1 amide bonds. The molecule has 0 aliphatic heterocycles. The Balaban J connectivity index is 1.64. The molecular formula is C18H15F2N3O2. The van der Waals surface area contributed by atoms with Crippen LogP contribution in [0.2, 0.25) is 0 Å². The number of benzene rings is 2. The molecule has 2 aromatic carbocycles. The molecule has 5 nitrogen and oxygen atoms in total. The van der Waals surface area contributed by atoms with E-state index < -0.39 is 6.04 Å². The van der Waals surface area contributed by atoms with Crippen molar-refractivity contribution in [1.29, 1.82) is 0 Å². The molecule has 7 heteroatoms. The van der Waals surface area contributed by atoms with E-state index in [1.807, 2.05) is 0 Å². The Morgan fingerprint density at radius 2 is 1.92 bits per heavy atom. The van der Waals surface area contributed by atoms with Crippen molar-refractivity contribution in [1.82, 2.24) is 15.5 Å². The molecule has 0 unspecified atom stereocenters. The molecule has 1 aromatic heterocycles. The highest BCUT2D eigenvalue weighted by molar-refractivity contribution is 5.78. The van der Waals surface area contributed by atoms with E-state index in [-0.39, 0.29) is 29.9 Å². The Morgan fingerprint density at radius 1 is 1.16 bits per heavy atom. The van der Waals surface area contributed by atoms with Gasteiger partial charge in [0.2, 0.25) is 17.6 Å². The summed E-state index contributed by atoms with van der Waals surface area (Å²) in [5.74, 6) is -0.502. The molecule has 3 aromatic rings. The second-order valence-electron chi connectivity index (χ2n) is 5.56. The van der Waals surface area contributed by atoms with E-state index in [9.17, 15) is 13.6 Å². The van der Waals surface area contributed by atoms with E-state index in [0.717, 1.165) is 0 Å². The molecular weight excluding hydrogens is 328 g/mol. The average Bonchev–Trinajstić information content (AvgIpc) is 3.05. The first-order valence-electron chi connectivity index (χ1n) is 7.64. The fourth-order valence-corrected chi connectivity index (χ4v) is 2.31. The van der Waals surface area contributed by atoms with Crippen LogP contribution >= 0.6 is 0 Å². The van der Waals surface area contributed by atoms with Crippen LogP contribution in [0.4, 0.5) is 8.78 Å². The summed E-state index contributed by atoms with van der Waals surface area (Å²) in [6, 6.07) is 11.0. The van der Waals surface area contributed by atoms with Crippen molar-refractivity contribution in [2.45, 2.75) is 19.4 Å². The molecule has 0 fully saturated rings. The van der Waals surface area contributed by atoms with Crippen molar-refractivity contribution >= 4 is 5.91 Å². The number of carbonyl (C=O) groups excluding carboxylic acids is 1. The number of aromatic nitrogens is 2. The minimum atomic E-state index is -0.511. The molecule has 0 saturated heterocycles. The molecule has 25 heavy (non-hydrogen) atoms. The molecule has 0 spiro atoms. The van der Waals surface area contributed by atoms with E-state index in [1.54, 1.807) is 19.1 Å². The van der Waals surface area contributed by atoms with Crippen LogP contribution in [-0.4, -0.2) is 16.0 Å². The van der Waals surface area contributed by atoms with Crippen LogP contribution < -0.4 is 5.32 Å². The maximum atomic E-state index is 13.1. The van der Waals surface area contributed by atoms with Gasteiger partial charge in [0.1, 0.15) is 17.7 Å². The van der Waals surface area contributed by atoms with Crippen LogP contribution in [0.1, 0.15) is 24.4 Å². The summed E-state index contributed by atoms with van der Waals surface area (Å²) in [6.45, 7) is 1.70. The highest BCUT2D eigenvalue weighted by Crippen LogP contribution is 2.19. The summed E-state index contributed by atoms with van der Waals surface area (Å²) in [6.07, 6.45) is 0.0427. The quantitative estimate of drug-likeness (QED) is 0.771. The lowest BCUT2D eigenvalue weighted by Crippen LogP contribution is -2.28. The fourth-order valence-electron chi connectivity index (χ4n) is 2.31. The summed E-state index contributed by atoms with van der Waals surface area (Å²) < 4.78 is 31.2. The highest BCUT2D eigenvalue weighted by atomic mass is 19.1. The lowest BCUT2D eigenvalue weighted by molar-refractivity contribution is -0.121. The van der Waals surface area contributed by atoms with Gasteiger partial charge >= 0.3 is 0 Å². The number of amides is 1. The SMILES string of the molecule is C[C@H](NC(=O)Cc1cccc(F)c1)c1nc(-c2ccc(F)cc2)no1. The molecule has 0 saturated carbocycles. The predicted octanol–water partition coefficient (Wildman–Crippen LogP) is 3.43. The predicted molar refractivity (Wildman–Crippen MR) is 86.4 cm³/mol. The third-order valence-electron chi connectivity index (χ3n) is 3.55. The number of nitrogens with one attached hydrogen (secondary N) is 1. The molecule has 0 aliphatic rings. The van der Waals surface area contributed by atoms with Gasteiger partial charge in [-0.2, -0.15) is 4.98 Å². The van der Waals surface area contributed by atoms with Gasteiger partial charge in [-0.3, -0.25) is 4.79 Å². The van der Waals surface area contributed by atoms with Crippen molar-refractivity contribution < 1.29 is 18.1 Å². The minimum absolute atomic E-state index is 0.0427. The maximum Gasteiger partial charge on any atom is 0.249 e. The molecule has 0 bridgehead atoms. The summed E-state index contributed by atoms with van der Waals surface area (Å²) in [5, 5.41) is 6.55. The fraction of sp³-hybridized carbons (Fsp3) is 0.167. The van der Waals surface area contributed by atoms with E-state index in [4.69, 9.17) is 4.52 Å². The van der Waals surface area contributed by atoms with Gasteiger partial charge in [-0.1, -0.05) is 17.3 Å². The zero-order valence-corrected chi connectivity index (χ0v) is 13.4. The number of hydrogen-bond acceptors (Lipinski definition) is 4. The Hall–Kier alpha value is -3.09. The van der Waals surface area contributed by atoms with Crippen molar-refractivity contribution in [2.24, 2.45) is 0 Å². The zero-order valence-electron chi connectivity index (χ0n) is 13.4. The summed E-state index contributed by atoms with van der Waals surface area (Å²) in [4.78, 5) is 16.3. The van der Waals surface area contributed by atoms with E-state index in [0.29, 0.717) is 17.0 Å². The third-order valence-corrected chi connectivity index (χ3v) is 3.55. The van der Waals surface area contributed by atoms with Gasteiger partial charge in [0, 0.05) is 5.56 Å². The van der Waals surface area contributed by atoms with Gasteiger partial charge in [0.15, 0.2) is 0 Å². The molecule has 0 radical (unpaired) electrons. The number of rotatable bonds is 5. The van der Waals surface area contributed by atoms with Crippen molar-refractivity contribution in [3.8, 4) is 11.4 Å². The lowest BCUT2D eigenvalue weighted by atomic mass is 10.1. The van der Waals surface area contributed by atoms with E-state index in [2.05, 4.69) is 15.5 Å². The van der Waals surface area contributed by atoms with Gasteiger partial charge in [0.05, 0.1) is 6.42 Å². The normalized spacial score (nSPS) is 12.0. The smallest absolute Gasteiger partial charge is 0.249 e. The Kier molecular flexibility index (Phi) is 4.83. The van der Waals surface area contributed by atoms with Crippen LogP contribution in [0, 0.1) is 11.6 Å². The van der Waals surface area contributed by atoms with Gasteiger partial charge in [-0.25, -0.2) is 8.78 Å². The topological polar surface area (TPSA) is 68.0 Å². The van der Waals surface area contributed by atoms with Crippen LogP contribution in [0.5, 0.6) is 0 Å². The van der Waals surface area contributed by atoms with Gasteiger partial charge < -0.3 is 9.84 Å². The van der Waals surface area contributed by atoms with Gasteiger partial charge in [-0.05, 0) is 48.9 Å². The first-order valence-corrected chi connectivity index (χ1v) is 7.64. The van der Waals surface area contributed by atoms with Crippen LogP contribution in [0.3, 0.4) is 0 Å². The number of hydrogen-bond donors (Lipinski definition) is 1. The molecule has 1 N–H and O–H groups in total. The van der Waals surface area contributed by atoms with Gasteiger partial charge in [0.25, 0.3) is 0 Å². The second-order valence-corrected chi connectivity index (χ2v) is 5.56. The third kappa shape index (κ3) is 4.26. The summed E-state index contributed by atoms with van der Waals surface area (Å²) >= 11 is 0. The first-order chi connectivity index (χ1) is 12.0. The molecule has 0 aliphatic carbocycles. The van der Waals surface area contributed by atoms with E-state index >= 15 is 0 Å². The lowest BCUT2D eigenvalue weighted by Gasteiger charge is -2.09. The zero-order chi connectivity index (χ0) is 17.8. The number of halogens is 2. The van der Waals surface area contributed by atoms with Crippen molar-refractivity contribution in [2.75, 3.05) is 0 Å². The largest absolute Gasteiger partial charge is 0.344 e. The van der Waals surface area contributed by atoms with Crippen molar-refractivity contribution in [3.05, 3.63) is 71.6 Å². The number of nitrogens with zero attached hydrogens (tertiary/aromatic N) is 2. The summed E-state index contributed by atoms with van der Waals surface area (Å²) in [7, 11) is 0. The Bertz CT molecular complexity index is 878. The highest BCUT2D eigenvalue weighted by Gasteiger charge is 2.17. The molecule has 1 heterocycles. The van der Waals surface area contributed by atoms with Crippen molar-refractivity contribution in [3.63, 3.8) is 0 Å². The molecule has 1 atom stereocenters. The standard InChI is InChI=1S/C18H15F2N3O2/c1-11(21-16(24)10-12-3-2-4-15(20)9-12)18-22-17(23-25-18)13-5-7-14(19)8-6-13/h2-9,11H,10H2,1H3,(H,21,24)/t11-/m0/s1. The average molecular weight is 343 g/mol. The second kappa shape index (κ2) is 7.21. The minimum Gasteiger partial charge on any atom is -0.344 e. The maximum absolute atomic E-state index is 13.1. The Labute approximate surface area is 142 Å². The number of carbonyl (C=O) groups is 1.